The molecule has 0 heterocycles. The first kappa shape index (κ1) is 15.1. The van der Waals surface area contributed by atoms with Crippen LogP contribution in [0.4, 0.5) is 0 Å². The Bertz CT molecular complexity index is 595. The second kappa shape index (κ2) is 6.43. The molecule has 20 heavy (non-hydrogen) atoms. The molecule has 0 fully saturated rings. The van der Waals surface area contributed by atoms with Gasteiger partial charge in [0.05, 0.1) is 0 Å². The number of benzene rings is 2. The van der Waals surface area contributed by atoms with Crippen molar-refractivity contribution in [3.63, 3.8) is 0 Å². The average Bonchev–Trinajstić information content (AvgIpc) is 2.38. The summed E-state index contributed by atoms with van der Waals surface area (Å²) in [5, 5.41) is 0.965. The van der Waals surface area contributed by atoms with Crippen LogP contribution in [0.25, 0.3) is 0 Å². The van der Waals surface area contributed by atoms with Crippen molar-refractivity contribution in [3.05, 3.63) is 69.2 Å². The molecule has 2 aromatic rings. The van der Waals surface area contributed by atoms with E-state index in [9.17, 15) is 4.79 Å². The van der Waals surface area contributed by atoms with E-state index >= 15 is 0 Å². The Morgan fingerprint density at radius 3 is 2.05 bits per heavy atom. The van der Waals surface area contributed by atoms with Gasteiger partial charge in [-0.15, -0.1) is 0 Å². The lowest BCUT2D eigenvalue weighted by atomic mass is 9.98. The van der Waals surface area contributed by atoms with Gasteiger partial charge in [0.15, 0.2) is 5.78 Å². The summed E-state index contributed by atoms with van der Waals surface area (Å²) >= 11 is 11.8. The number of hydrogen-bond donors (Lipinski definition) is 0. The standard InChI is InChI=1S/C17H16Cl2O/c1-11(2)13-5-3-12(4-6-13)7-17(20)14-8-15(18)10-16(19)9-14/h3-6,8-11H,7H2,1-2H3. The minimum Gasteiger partial charge on any atom is -0.294 e. The van der Waals surface area contributed by atoms with Crippen molar-refractivity contribution in [2.45, 2.75) is 26.2 Å². The first-order chi connectivity index (χ1) is 9.45. The third-order valence-electron chi connectivity index (χ3n) is 3.20. The third-order valence-corrected chi connectivity index (χ3v) is 3.63. The summed E-state index contributed by atoms with van der Waals surface area (Å²) in [5.74, 6) is 0.512. The van der Waals surface area contributed by atoms with Crippen molar-refractivity contribution in [1.82, 2.24) is 0 Å². The molecule has 0 radical (unpaired) electrons. The minimum atomic E-state index is 0.0201. The summed E-state index contributed by atoms with van der Waals surface area (Å²) in [6.07, 6.45) is 0.356. The van der Waals surface area contributed by atoms with Crippen LogP contribution < -0.4 is 0 Å². The molecule has 2 aromatic carbocycles. The Balaban J connectivity index is 2.14. The van der Waals surface area contributed by atoms with Crippen molar-refractivity contribution >= 4 is 29.0 Å². The van der Waals surface area contributed by atoms with Crippen LogP contribution in [0.1, 0.15) is 41.3 Å². The van der Waals surface area contributed by atoms with Gasteiger partial charge < -0.3 is 0 Å². The van der Waals surface area contributed by atoms with E-state index in [1.54, 1.807) is 18.2 Å². The largest absolute Gasteiger partial charge is 0.294 e. The summed E-state index contributed by atoms with van der Waals surface area (Å²) in [4.78, 5) is 12.2. The Kier molecular flexibility index (Phi) is 4.85. The molecule has 0 unspecified atom stereocenters. The lowest BCUT2D eigenvalue weighted by molar-refractivity contribution is 0.0993. The molecule has 0 aromatic heterocycles. The van der Waals surface area contributed by atoms with Crippen molar-refractivity contribution in [2.24, 2.45) is 0 Å². The smallest absolute Gasteiger partial charge is 0.167 e. The lowest BCUT2D eigenvalue weighted by Crippen LogP contribution is -2.03. The molecule has 0 amide bonds. The summed E-state index contributed by atoms with van der Waals surface area (Å²) in [5.41, 5.74) is 2.82. The second-order valence-electron chi connectivity index (χ2n) is 5.15. The van der Waals surface area contributed by atoms with E-state index in [1.807, 2.05) is 12.1 Å². The van der Waals surface area contributed by atoms with Crippen LogP contribution in [-0.4, -0.2) is 5.78 Å². The highest BCUT2D eigenvalue weighted by atomic mass is 35.5. The maximum Gasteiger partial charge on any atom is 0.167 e. The van der Waals surface area contributed by atoms with Crippen LogP contribution in [-0.2, 0) is 6.42 Å². The van der Waals surface area contributed by atoms with E-state index in [-0.39, 0.29) is 5.78 Å². The van der Waals surface area contributed by atoms with Crippen LogP contribution in [0.15, 0.2) is 42.5 Å². The maximum absolute atomic E-state index is 12.2. The Labute approximate surface area is 129 Å². The van der Waals surface area contributed by atoms with Crippen LogP contribution in [0, 0.1) is 0 Å². The molecule has 0 aliphatic carbocycles. The predicted octanol–water partition coefficient (Wildman–Crippen LogP) is 5.54. The monoisotopic (exact) mass is 306 g/mol. The molecule has 0 bridgehead atoms. The Morgan fingerprint density at radius 1 is 1.00 bits per heavy atom. The molecule has 3 heteroatoms. The van der Waals surface area contributed by atoms with Crippen molar-refractivity contribution in [1.29, 1.82) is 0 Å². The van der Waals surface area contributed by atoms with Crippen molar-refractivity contribution in [3.8, 4) is 0 Å². The van der Waals surface area contributed by atoms with Gasteiger partial charge in [-0.25, -0.2) is 0 Å². The van der Waals surface area contributed by atoms with Gasteiger partial charge in [0.2, 0.25) is 0 Å². The highest BCUT2D eigenvalue weighted by Gasteiger charge is 2.09. The Morgan fingerprint density at radius 2 is 1.55 bits per heavy atom. The first-order valence-electron chi connectivity index (χ1n) is 6.54. The molecule has 104 valence electrons. The van der Waals surface area contributed by atoms with Gasteiger partial charge in [-0.1, -0.05) is 61.3 Å². The van der Waals surface area contributed by atoms with Gasteiger partial charge in [0.1, 0.15) is 0 Å². The number of carbonyl (C=O) groups is 1. The molecule has 0 N–H and O–H groups in total. The average molecular weight is 307 g/mol. The number of halogens is 2. The highest BCUT2D eigenvalue weighted by Crippen LogP contribution is 2.21. The van der Waals surface area contributed by atoms with E-state index in [0.29, 0.717) is 27.9 Å². The Hall–Kier alpha value is -1.31. The van der Waals surface area contributed by atoms with Gasteiger partial charge in [0, 0.05) is 22.0 Å². The van der Waals surface area contributed by atoms with Crippen LogP contribution in [0.3, 0.4) is 0 Å². The van der Waals surface area contributed by atoms with Gasteiger partial charge >= 0.3 is 0 Å². The molecule has 1 nitrogen and oxygen atoms in total. The van der Waals surface area contributed by atoms with E-state index in [0.717, 1.165) is 5.56 Å². The molecule has 0 aliphatic rings. The van der Waals surface area contributed by atoms with Crippen molar-refractivity contribution in [2.75, 3.05) is 0 Å². The predicted molar refractivity (Wildman–Crippen MR) is 85.0 cm³/mol. The summed E-state index contributed by atoms with van der Waals surface area (Å²) < 4.78 is 0. The van der Waals surface area contributed by atoms with E-state index < -0.39 is 0 Å². The third kappa shape index (κ3) is 3.84. The van der Waals surface area contributed by atoms with Gasteiger partial charge in [0.25, 0.3) is 0 Å². The van der Waals surface area contributed by atoms with Gasteiger partial charge in [-0.05, 0) is 35.2 Å². The molecule has 0 atom stereocenters. The quantitative estimate of drug-likeness (QED) is 0.678. The fourth-order valence-electron chi connectivity index (χ4n) is 2.02. The van der Waals surface area contributed by atoms with Crippen LogP contribution in [0.5, 0.6) is 0 Å². The van der Waals surface area contributed by atoms with E-state index in [4.69, 9.17) is 23.2 Å². The van der Waals surface area contributed by atoms with E-state index in [2.05, 4.69) is 26.0 Å². The maximum atomic E-state index is 12.2. The second-order valence-corrected chi connectivity index (χ2v) is 6.03. The fraction of sp³-hybridized carbons (Fsp3) is 0.235. The lowest BCUT2D eigenvalue weighted by Gasteiger charge is -2.07. The zero-order chi connectivity index (χ0) is 14.7. The first-order valence-corrected chi connectivity index (χ1v) is 7.29. The summed E-state index contributed by atoms with van der Waals surface area (Å²) in [6, 6.07) is 13.1. The molecule has 0 saturated heterocycles. The number of Topliss-reactive ketones (excluding diaryl/α,β-unsaturated/α-hetero) is 1. The molecule has 0 spiro atoms. The van der Waals surface area contributed by atoms with E-state index in [1.165, 1.54) is 5.56 Å². The highest BCUT2D eigenvalue weighted by molar-refractivity contribution is 6.35. The molecular weight excluding hydrogens is 291 g/mol. The molecule has 0 saturated carbocycles. The minimum absolute atomic E-state index is 0.0201. The SMILES string of the molecule is CC(C)c1ccc(CC(=O)c2cc(Cl)cc(Cl)c2)cc1. The normalized spacial score (nSPS) is 10.8. The topological polar surface area (TPSA) is 17.1 Å². The van der Waals surface area contributed by atoms with Gasteiger partial charge in [-0.2, -0.15) is 0 Å². The fourth-order valence-corrected chi connectivity index (χ4v) is 2.55. The van der Waals surface area contributed by atoms with Gasteiger partial charge in [-0.3, -0.25) is 4.79 Å². The summed E-state index contributed by atoms with van der Waals surface area (Å²) in [6.45, 7) is 4.29. The number of rotatable bonds is 4. The van der Waals surface area contributed by atoms with Crippen molar-refractivity contribution < 1.29 is 4.79 Å². The molecule has 0 aliphatic heterocycles. The zero-order valence-corrected chi connectivity index (χ0v) is 13.0. The zero-order valence-electron chi connectivity index (χ0n) is 11.5. The molecular formula is C17H16Cl2O. The van der Waals surface area contributed by atoms with Crippen LogP contribution in [0.2, 0.25) is 10.0 Å². The number of hydrogen-bond acceptors (Lipinski definition) is 1. The van der Waals surface area contributed by atoms with Crippen LogP contribution >= 0.6 is 23.2 Å². The number of ketones is 1. The summed E-state index contributed by atoms with van der Waals surface area (Å²) in [7, 11) is 0. The number of carbonyl (C=O) groups excluding carboxylic acids is 1. The molecule has 2 rings (SSSR count).